The van der Waals surface area contributed by atoms with Gasteiger partial charge in [-0.3, -0.25) is 0 Å². The first-order chi connectivity index (χ1) is 8.97. The van der Waals surface area contributed by atoms with Crippen LogP contribution in [0.1, 0.15) is 26.7 Å². The highest BCUT2D eigenvalue weighted by atomic mass is 19.1. The minimum Gasteiger partial charge on any atom is -0.374 e. The number of benzene rings is 1. The lowest BCUT2D eigenvalue weighted by Gasteiger charge is -2.40. The minimum absolute atomic E-state index is 0.182. The van der Waals surface area contributed by atoms with Gasteiger partial charge in [-0.15, -0.1) is 0 Å². The number of nitrogens with zero attached hydrogens (tertiary/aromatic N) is 1. The normalized spacial score (nSPS) is 31.2. The molecular formula is C16H25FN2. The molecule has 0 aromatic heterocycles. The van der Waals surface area contributed by atoms with E-state index in [1.807, 2.05) is 13.1 Å². The van der Waals surface area contributed by atoms with Crippen molar-refractivity contribution in [2.75, 3.05) is 18.5 Å². The molecule has 1 saturated carbocycles. The molecule has 0 saturated heterocycles. The summed E-state index contributed by atoms with van der Waals surface area (Å²) in [6.07, 6.45) is 2.35. The van der Waals surface area contributed by atoms with Gasteiger partial charge in [0.1, 0.15) is 5.82 Å². The van der Waals surface area contributed by atoms with Crippen molar-refractivity contribution >= 4 is 5.69 Å². The van der Waals surface area contributed by atoms with E-state index in [0.29, 0.717) is 11.8 Å². The summed E-state index contributed by atoms with van der Waals surface area (Å²) in [5, 5.41) is 0. The molecule has 19 heavy (non-hydrogen) atoms. The van der Waals surface area contributed by atoms with Crippen LogP contribution < -0.4 is 10.6 Å². The maximum atomic E-state index is 13.3. The molecule has 0 heterocycles. The van der Waals surface area contributed by atoms with Crippen LogP contribution in [0.3, 0.4) is 0 Å². The van der Waals surface area contributed by atoms with Crippen molar-refractivity contribution in [3.05, 3.63) is 30.1 Å². The quantitative estimate of drug-likeness (QED) is 0.908. The van der Waals surface area contributed by atoms with Gasteiger partial charge in [-0.2, -0.15) is 0 Å². The molecule has 4 unspecified atom stereocenters. The van der Waals surface area contributed by atoms with E-state index in [9.17, 15) is 4.39 Å². The summed E-state index contributed by atoms with van der Waals surface area (Å²) in [5.41, 5.74) is 7.24. The standard InChI is InChI=1S/C16H25FN2/c1-11-7-12(2)15(16(18)8-11)10-19(3)14-6-4-5-13(17)9-14/h4-6,9,11-12,15-16H,7-8,10,18H2,1-3H3. The molecule has 0 radical (unpaired) electrons. The number of halogens is 1. The Hall–Kier alpha value is -1.09. The number of rotatable bonds is 3. The van der Waals surface area contributed by atoms with Crippen molar-refractivity contribution in [2.45, 2.75) is 32.7 Å². The van der Waals surface area contributed by atoms with Gasteiger partial charge in [-0.1, -0.05) is 19.9 Å². The first kappa shape index (κ1) is 14.3. The van der Waals surface area contributed by atoms with Gasteiger partial charge >= 0.3 is 0 Å². The van der Waals surface area contributed by atoms with Gasteiger partial charge in [-0.05, 0) is 48.8 Å². The van der Waals surface area contributed by atoms with E-state index in [1.54, 1.807) is 12.1 Å². The first-order valence-corrected chi connectivity index (χ1v) is 7.19. The van der Waals surface area contributed by atoms with Gasteiger partial charge in [0, 0.05) is 25.3 Å². The van der Waals surface area contributed by atoms with Gasteiger partial charge in [0.25, 0.3) is 0 Å². The van der Waals surface area contributed by atoms with Crippen molar-refractivity contribution in [3.63, 3.8) is 0 Å². The van der Waals surface area contributed by atoms with Gasteiger partial charge in [-0.25, -0.2) is 4.39 Å². The fourth-order valence-corrected chi connectivity index (χ4v) is 3.42. The minimum atomic E-state index is -0.182. The SMILES string of the molecule is CC1CC(C)C(CN(C)c2cccc(F)c2)C(N)C1. The molecule has 0 spiro atoms. The smallest absolute Gasteiger partial charge is 0.125 e. The molecule has 1 aromatic rings. The molecule has 0 bridgehead atoms. The zero-order chi connectivity index (χ0) is 14.0. The van der Waals surface area contributed by atoms with Crippen LogP contribution in [0, 0.1) is 23.6 Å². The summed E-state index contributed by atoms with van der Waals surface area (Å²) in [5.74, 6) is 1.67. The van der Waals surface area contributed by atoms with Crippen LogP contribution in [0.4, 0.5) is 10.1 Å². The Balaban J connectivity index is 2.03. The first-order valence-electron chi connectivity index (χ1n) is 7.19. The number of nitrogens with two attached hydrogens (primary N) is 1. The summed E-state index contributed by atoms with van der Waals surface area (Å²) in [7, 11) is 2.02. The van der Waals surface area contributed by atoms with Crippen LogP contribution in [-0.4, -0.2) is 19.6 Å². The molecule has 1 fully saturated rings. The second kappa shape index (κ2) is 5.91. The van der Waals surface area contributed by atoms with Crippen molar-refractivity contribution < 1.29 is 4.39 Å². The number of anilines is 1. The summed E-state index contributed by atoms with van der Waals surface area (Å²) in [6.45, 7) is 5.47. The fraction of sp³-hybridized carbons (Fsp3) is 0.625. The Morgan fingerprint density at radius 2 is 2.05 bits per heavy atom. The van der Waals surface area contributed by atoms with E-state index in [2.05, 4.69) is 18.7 Å². The van der Waals surface area contributed by atoms with Crippen LogP contribution in [0.2, 0.25) is 0 Å². The molecule has 2 N–H and O–H groups in total. The van der Waals surface area contributed by atoms with Gasteiger partial charge < -0.3 is 10.6 Å². The van der Waals surface area contributed by atoms with Crippen LogP contribution in [0.25, 0.3) is 0 Å². The molecule has 1 aliphatic carbocycles. The van der Waals surface area contributed by atoms with E-state index < -0.39 is 0 Å². The second-order valence-electron chi connectivity index (χ2n) is 6.24. The zero-order valence-corrected chi connectivity index (χ0v) is 12.1. The zero-order valence-electron chi connectivity index (χ0n) is 12.1. The van der Waals surface area contributed by atoms with Crippen molar-refractivity contribution in [1.29, 1.82) is 0 Å². The van der Waals surface area contributed by atoms with Crippen LogP contribution in [0.5, 0.6) is 0 Å². The largest absolute Gasteiger partial charge is 0.374 e. The molecule has 2 rings (SSSR count). The molecule has 106 valence electrons. The van der Waals surface area contributed by atoms with Crippen LogP contribution >= 0.6 is 0 Å². The molecule has 1 aromatic carbocycles. The summed E-state index contributed by atoms with van der Waals surface area (Å²) in [4.78, 5) is 2.13. The van der Waals surface area contributed by atoms with Gasteiger partial charge in [0.05, 0.1) is 0 Å². The molecule has 2 nitrogen and oxygen atoms in total. The molecular weight excluding hydrogens is 239 g/mol. The van der Waals surface area contributed by atoms with E-state index in [-0.39, 0.29) is 11.9 Å². The fourth-order valence-electron chi connectivity index (χ4n) is 3.42. The lowest BCUT2D eigenvalue weighted by atomic mass is 9.72. The topological polar surface area (TPSA) is 29.3 Å². The lowest BCUT2D eigenvalue weighted by Crippen LogP contribution is -2.46. The van der Waals surface area contributed by atoms with Crippen molar-refractivity contribution in [3.8, 4) is 0 Å². The van der Waals surface area contributed by atoms with Crippen LogP contribution in [0.15, 0.2) is 24.3 Å². The summed E-state index contributed by atoms with van der Waals surface area (Å²) in [6, 6.07) is 7.03. The lowest BCUT2D eigenvalue weighted by molar-refractivity contribution is 0.178. The Labute approximate surface area is 115 Å². The Morgan fingerprint density at radius 3 is 2.68 bits per heavy atom. The molecule has 3 heteroatoms. The van der Waals surface area contributed by atoms with E-state index in [1.165, 1.54) is 12.5 Å². The monoisotopic (exact) mass is 264 g/mol. The van der Waals surface area contributed by atoms with Crippen molar-refractivity contribution in [1.82, 2.24) is 0 Å². The van der Waals surface area contributed by atoms with E-state index in [0.717, 1.165) is 24.6 Å². The Morgan fingerprint density at radius 1 is 1.32 bits per heavy atom. The third-order valence-electron chi connectivity index (χ3n) is 4.46. The Bertz CT molecular complexity index is 409. The summed E-state index contributed by atoms with van der Waals surface area (Å²) >= 11 is 0. The third-order valence-corrected chi connectivity index (χ3v) is 4.46. The van der Waals surface area contributed by atoms with E-state index >= 15 is 0 Å². The predicted octanol–water partition coefficient (Wildman–Crippen LogP) is 3.27. The predicted molar refractivity (Wildman–Crippen MR) is 78.7 cm³/mol. The third kappa shape index (κ3) is 3.47. The Kier molecular flexibility index (Phi) is 4.46. The van der Waals surface area contributed by atoms with E-state index in [4.69, 9.17) is 5.73 Å². The highest BCUT2D eigenvalue weighted by molar-refractivity contribution is 5.45. The highest BCUT2D eigenvalue weighted by Crippen LogP contribution is 2.33. The van der Waals surface area contributed by atoms with Gasteiger partial charge in [0.2, 0.25) is 0 Å². The molecule has 0 amide bonds. The number of hydrogen-bond donors (Lipinski definition) is 1. The maximum absolute atomic E-state index is 13.3. The molecule has 0 aliphatic heterocycles. The molecule has 4 atom stereocenters. The molecule has 1 aliphatic rings. The average Bonchev–Trinajstić information content (AvgIpc) is 2.33. The van der Waals surface area contributed by atoms with Gasteiger partial charge in [0.15, 0.2) is 0 Å². The number of hydrogen-bond acceptors (Lipinski definition) is 2. The summed E-state index contributed by atoms with van der Waals surface area (Å²) < 4.78 is 13.3. The second-order valence-corrected chi connectivity index (χ2v) is 6.24. The van der Waals surface area contributed by atoms with Crippen molar-refractivity contribution in [2.24, 2.45) is 23.5 Å². The highest BCUT2D eigenvalue weighted by Gasteiger charge is 2.32. The average molecular weight is 264 g/mol. The maximum Gasteiger partial charge on any atom is 0.125 e. The van der Waals surface area contributed by atoms with Crippen LogP contribution in [-0.2, 0) is 0 Å².